The molecule has 3 heteroatoms. The Bertz CT molecular complexity index is 703. The number of hydrogen-bond donors (Lipinski definition) is 0. The molecule has 0 saturated heterocycles. The summed E-state index contributed by atoms with van der Waals surface area (Å²) < 4.78 is 6.32. The fourth-order valence-corrected chi connectivity index (χ4v) is 7.73. The number of carbonyl (C=O) groups is 2. The highest BCUT2D eigenvalue weighted by Gasteiger charge is 2.29. The number of esters is 1. The van der Waals surface area contributed by atoms with Crippen LogP contribution in [0.2, 0.25) is 0 Å². The highest BCUT2D eigenvalue weighted by molar-refractivity contribution is 5.99. The number of ketones is 1. The van der Waals surface area contributed by atoms with Crippen LogP contribution in [0.3, 0.4) is 0 Å². The molecule has 0 aromatic rings. The lowest BCUT2D eigenvalue weighted by molar-refractivity contribution is -0.158. The Kier molecular flexibility index (Phi) is 41.2. The predicted molar refractivity (Wildman–Crippen MR) is 226 cm³/mol. The second-order valence-corrected chi connectivity index (χ2v) is 16.5. The van der Waals surface area contributed by atoms with Crippen LogP contribution in [-0.2, 0) is 14.3 Å². The van der Waals surface area contributed by atoms with Gasteiger partial charge in [0.1, 0.15) is 17.8 Å². The van der Waals surface area contributed by atoms with Crippen LogP contribution in [0.4, 0.5) is 0 Å². The molecule has 51 heavy (non-hydrogen) atoms. The molecule has 0 aromatic heterocycles. The summed E-state index contributed by atoms with van der Waals surface area (Å²) in [4.78, 5) is 27.4. The van der Waals surface area contributed by atoms with Gasteiger partial charge in [0.15, 0.2) is 0 Å². The standard InChI is InChI=1S/C48H94O3/c1-5-9-13-17-21-24-26-29-32-36-40-44-47(49)46(43-39-35-31-28-25-22-18-14-10-6-2)48(50)51-45(41-37-33-20-16-12-8-4)42-38-34-30-27-23-19-15-11-7-3/h45-46H,5-44H2,1-4H3. The lowest BCUT2D eigenvalue weighted by atomic mass is 9.92. The Morgan fingerprint density at radius 3 is 0.902 bits per heavy atom. The molecule has 2 atom stereocenters. The van der Waals surface area contributed by atoms with Gasteiger partial charge in [-0.15, -0.1) is 0 Å². The van der Waals surface area contributed by atoms with E-state index in [2.05, 4.69) is 27.7 Å². The molecule has 0 heterocycles. The molecule has 0 amide bonds. The molecule has 0 saturated carbocycles. The summed E-state index contributed by atoms with van der Waals surface area (Å²) in [5.74, 6) is -0.573. The van der Waals surface area contributed by atoms with Crippen molar-refractivity contribution in [1.29, 1.82) is 0 Å². The molecular formula is C48H94O3. The maximum absolute atomic E-state index is 13.8. The third-order valence-electron chi connectivity index (χ3n) is 11.3. The predicted octanol–water partition coefficient (Wildman–Crippen LogP) is 16.8. The summed E-state index contributed by atoms with van der Waals surface area (Å²) >= 11 is 0. The summed E-state index contributed by atoms with van der Waals surface area (Å²) in [5, 5.41) is 0. The molecule has 0 aliphatic heterocycles. The molecule has 304 valence electrons. The monoisotopic (exact) mass is 719 g/mol. The van der Waals surface area contributed by atoms with Crippen LogP contribution in [0, 0.1) is 5.92 Å². The molecule has 3 nitrogen and oxygen atoms in total. The summed E-state index contributed by atoms with van der Waals surface area (Å²) in [6.45, 7) is 9.11. The Balaban J connectivity index is 4.93. The fourth-order valence-electron chi connectivity index (χ4n) is 7.73. The minimum absolute atomic E-state index is 0.0155. The third-order valence-corrected chi connectivity index (χ3v) is 11.3. The van der Waals surface area contributed by atoms with Crippen LogP contribution < -0.4 is 0 Å². The number of unbranched alkanes of at least 4 members (excludes halogenated alkanes) is 32. The van der Waals surface area contributed by atoms with Gasteiger partial charge in [-0.25, -0.2) is 0 Å². The van der Waals surface area contributed by atoms with Crippen LogP contribution in [0.1, 0.15) is 285 Å². The second-order valence-electron chi connectivity index (χ2n) is 16.5. The summed E-state index contributed by atoms with van der Waals surface area (Å²) in [7, 11) is 0. The van der Waals surface area contributed by atoms with Crippen LogP contribution in [-0.4, -0.2) is 17.9 Å². The largest absolute Gasteiger partial charge is 0.462 e. The molecule has 0 spiro atoms. The van der Waals surface area contributed by atoms with Crippen molar-refractivity contribution in [3.05, 3.63) is 0 Å². The lowest BCUT2D eigenvalue weighted by Crippen LogP contribution is -2.30. The van der Waals surface area contributed by atoms with Gasteiger partial charge in [0.25, 0.3) is 0 Å². The van der Waals surface area contributed by atoms with E-state index in [1.54, 1.807) is 0 Å². The Morgan fingerprint density at radius 1 is 0.333 bits per heavy atom. The van der Waals surface area contributed by atoms with Crippen molar-refractivity contribution < 1.29 is 14.3 Å². The number of ether oxygens (including phenoxy) is 1. The van der Waals surface area contributed by atoms with E-state index >= 15 is 0 Å². The minimum Gasteiger partial charge on any atom is -0.462 e. The van der Waals surface area contributed by atoms with E-state index in [1.807, 2.05) is 0 Å². The van der Waals surface area contributed by atoms with Gasteiger partial charge < -0.3 is 4.74 Å². The smallest absolute Gasteiger partial charge is 0.316 e. The molecule has 0 aromatic carbocycles. The Hall–Kier alpha value is -0.860. The van der Waals surface area contributed by atoms with Gasteiger partial charge in [-0.05, 0) is 38.5 Å². The van der Waals surface area contributed by atoms with Gasteiger partial charge in [-0.2, -0.15) is 0 Å². The van der Waals surface area contributed by atoms with Crippen molar-refractivity contribution >= 4 is 11.8 Å². The lowest BCUT2D eigenvalue weighted by Gasteiger charge is -2.22. The normalized spacial score (nSPS) is 12.7. The van der Waals surface area contributed by atoms with Crippen molar-refractivity contribution in [3.8, 4) is 0 Å². The van der Waals surface area contributed by atoms with E-state index in [9.17, 15) is 9.59 Å². The highest BCUT2D eigenvalue weighted by atomic mass is 16.5. The molecule has 0 aliphatic carbocycles. The molecule has 0 bridgehead atoms. The van der Waals surface area contributed by atoms with Crippen LogP contribution in [0.25, 0.3) is 0 Å². The van der Waals surface area contributed by atoms with Gasteiger partial charge >= 0.3 is 5.97 Å². The van der Waals surface area contributed by atoms with Gasteiger partial charge in [0.2, 0.25) is 0 Å². The van der Waals surface area contributed by atoms with E-state index in [4.69, 9.17) is 4.74 Å². The number of hydrogen-bond acceptors (Lipinski definition) is 3. The van der Waals surface area contributed by atoms with Crippen molar-refractivity contribution in [3.63, 3.8) is 0 Å². The fraction of sp³-hybridized carbons (Fsp3) is 0.958. The molecule has 0 radical (unpaired) electrons. The number of Topliss-reactive ketones (excluding diaryl/α,β-unsaturated/α-hetero) is 1. The van der Waals surface area contributed by atoms with Crippen molar-refractivity contribution in [1.82, 2.24) is 0 Å². The van der Waals surface area contributed by atoms with Gasteiger partial charge in [0.05, 0.1) is 0 Å². The molecule has 0 rings (SSSR count). The van der Waals surface area contributed by atoms with E-state index < -0.39 is 5.92 Å². The first-order valence-corrected chi connectivity index (χ1v) is 23.8. The zero-order chi connectivity index (χ0) is 37.3. The SMILES string of the molecule is CCCCCCCCCCCCCC(=O)C(CCCCCCCCCCCC)C(=O)OC(CCCCCCCC)CCCCCCCCCCC. The maximum atomic E-state index is 13.8. The van der Waals surface area contributed by atoms with Crippen molar-refractivity contribution in [2.75, 3.05) is 0 Å². The van der Waals surface area contributed by atoms with Crippen LogP contribution >= 0.6 is 0 Å². The van der Waals surface area contributed by atoms with E-state index in [-0.39, 0.29) is 17.9 Å². The molecule has 0 fully saturated rings. The Morgan fingerprint density at radius 2 is 0.588 bits per heavy atom. The summed E-state index contributed by atoms with van der Waals surface area (Å²) in [6, 6.07) is 0. The zero-order valence-electron chi connectivity index (χ0n) is 35.7. The van der Waals surface area contributed by atoms with Crippen molar-refractivity contribution in [2.45, 2.75) is 291 Å². The number of rotatable bonds is 43. The molecular weight excluding hydrogens is 625 g/mol. The molecule has 2 unspecified atom stereocenters. The quantitative estimate of drug-likeness (QED) is 0.0358. The topological polar surface area (TPSA) is 43.4 Å². The average Bonchev–Trinajstić information content (AvgIpc) is 3.13. The van der Waals surface area contributed by atoms with E-state index in [0.717, 1.165) is 51.4 Å². The van der Waals surface area contributed by atoms with E-state index in [0.29, 0.717) is 12.8 Å². The second kappa shape index (κ2) is 41.9. The average molecular weight is 719 g/mol. The summed E-state index contributed by atoms with van der Waals surface area (Å²) in [5.41, 5.74) is 0. The first kappa shape index (κ1) is 50.1. The minimum atomic E-state index is -0.544. The van der Waals surface area contributed by atoms with Gasteiger partial charge in [0, 0.05) is 6.42 Å². The van der Waals surface area contributed by atoms with Crippen LogP contribution in [0.15, 0.2) is 0 Å². The Labute approximate surface area is 321 Å². The number of carbonyl (C=O) groups excluding carboxylic acids is 2. The first-order chi connectivity index (χ1) is 25.1. The highest BCUT2D eigenvalue weighted by Crippen LogP contribution is 2.23. The first-order valence-electron chi connectivity index (χ1n) is 23.8. The van der Waals surface area contributed by atoms with E-state index in [1.165, 1.54) is 193 Å². The zero-order valence-corrected chi connectivity index (χ0v) is 35.7. The summed E-state index contributed by atoms with van der Waals surface area (Å²) in [6.07, 6.45) is 49.3. The van der Waals surface area contributed by atoms with Gasteiger partial charge in [-0.3, -0.25) is 9.59 Å². The molecule has 0 aliphatic rings. The van der Waals surface area contributed by atoms with Gasteiger partial charge in [-0.1, -0.05) is 240 Å². The van der Waals surface area contributed by atoms with Crippen LogP contribution in [0.5, 0.6) is 0 Å². The van der Waals surface area contributed by atoms with Crippen molar-refractivity contribution in [2.24, 2.45) is 5.92 Å². The third kappa shape index (κ3) is 35.9. The molecule has 0 N–H and O–H groups in total. The maximum Gasteiger partial charge on any atom is 0.316 e.